The van der Waals surface area contributed by atoms with E-state index >= 15 is 0 Å². The molecule has 3 saturated heterocycles. The van der Waals surface area contributed by atoms with Crippen molar-refractivity contribution in [1.29, 1.82) is 0 Å². The van der Waals surface area contributed by atoms with Crippen LogP contribution >= 0.6 is 0 Å². The van der Waals surface area contributed by atoms with Crippen molar-refractivity contribution >= 4 is 5.91 Å². The van der Waals surface area contributed by atoms with Crippen LogP contribution in [0.5, 0.6) is 6.01 Å². The van der Waals surface area contributed by atoms with Gasteiger partial charge in [0.25, 0.3) is 0 Å². The molecule has 35 heavy (non-hydrogen) atoms. The lowest BCUT2D eigenvalue weighted by atomic mass is 9.65. The zero-order valence-electron chi connectivity index (χ0n) is 20.4. The number of ether oxygens (including phenoxy) is 1. The van der Waals surface area contributed by atoms with Crippen LogP contribution in [0.2, 0.25) is 0 Å². The van der Waals surface area contributed by atoms with Crippen molar-refractivity contribution in [2.45, 2.75) is 56.8 Å². The standard InChI is InChI=1S/C27H36N6O2/c1-35-27-28-13-20(14-29-27)25-22-11-19-10-21(26(34)30-23(19)12-24(22)31-32-25)18-8-5-9-33(16-18)15-17-6-3-2-4-7-17/h2-4,6-7,13-14,18-19,21-25,31-32H,5,8-12,15-16H2,1H3,(H,30,34). The summed E-state index contributed by atoms with van der Waals surface area (Å²) in [5, 5.41) is 3.45. The summed E-state index contributed by atoms with van der Waals surface area (Å²) in [6, 6.07) is 11.9. The van der Waals surface area contributed by atoms with Crippen LogP contribution in [0.4, 0.5) is 0 Å². The number of nitrogens with zero attached hydrogens (tertiary/aromatic N) is 3. The van der Waals surface area contributed by atoms with Crippen molar-refractivity contribution < 1.29 is 9.53 Å². The lowest BCUT2D eigenvalue weighted by molar-refractivity contribution is -0.133. The molecule has 2 aromatic rings. The van der Waals surface area contributed by atoms with E-state index in [4.69, 9.17) is 4.74 Å². The van der Waals surface area contributed by atoms with Crippen molar-refractivity contribution in [3.63, 3.8) is 0 Å². The molecule has 4 aliphatic rings. The molecule has 4 fully saturated rings. The number of piperidine rings is 2. The van der Waals surface area contributed by atoms with Crippen molar-refractivity contribution in [2.24, 2.45) is 23.7 Å². The predicted molar refractivity (Wildman–Crippen MR) is 132 cm³/mol. The van der Waals surface area contributed by atoms with Crippen LogP contribution in [-0.4, -0.2) is 53.1 Å². The molecular weight excluding hydrogens is 440 g/mol. The van der Waals surface area contributed by atoms with Crippen LogP contribution in [-0.2, 0) is 11.3 Å². The molecule has 3 N–H and O–H groups in total. The largest absolute Gasteiger partial charge is 0.467 e. The van der Waals surface area contributed by atoms with Crippen LogP contribution in [0, 0.1) is 23.7 Å². The summed E-state index contributed by atoms with van der Waals surface area (Å²) in [6.07, 6.45) is 9.15. The van der Waals surface area contributed by atoms with Gasteiger partial charge in [-0.25, -0.2) is 15.4 Å². The molecule has 0 radical (unpaired) electrons. The van der Waals surface area contributed by atoms with E-state index in [1.807, 2.05) is 12.4 Å². The van der Waals surface area contributed by atoms with Gasteiger partial charge in [-0.3, -0.25) is 15.1 Å². The van der Waals surface area contributed by atoms with E-state index in [0.717, 1.165) is 50.9 Å². The Kier molecular flexibility index (Phi) is 6.43. The molecule has 0 bridgehead atoms. The second-order valence-corrected chi connectivity index (χ2v) is 10.9. The first-order chi connectivity index (χ1) is 17.2. The molecule has 1 aromatic heterocycles. The molecule has 7 unspecified atom stereocenters. The summed E-state index contributed by atoms with van der Waals surface area (Å²) in [7, 11) is 1.59. The van der Waals surface area contributed by atoms with Gasteiger partial charge in [0.05, 0.1) is 13.2 Å². The monoisotopic (exact) mass is 476 g/mol. The zero-order valence-corrected chi connectivity index (χ0v) is 20.4. The van der Waals surface area contributed by atoms with E-state index in [1.165, 1.54) is 12.0 Å². The van der Waals surface area contributed by atoms with Gasteiger partial charge in [-0.2, -0.15) is 0 Å². The lowest BCUT2D eigenvalue weighted by Gasteiger charge is -2.47. The number of carbonyl (C=O) groups excluding carboxylic acids is 1. The van der Waals surface area contributed by atoms with Crippen LogP contribution in [0.25, 0.3) is 0 Å². The number of methoxy groups -OCH3 is 1. The van der Waals surface area contributed by atoms with Crippen molar-refractivity contribution in [1.82, 2.24) is 31.0 Å². The third-order valence-corrected chi connectivity index (χ3v) is 8.79. The van der Waals surface area contributed by atoms with Gasteiger partial charge >= 0.3 is 6.01 Å². The Bertz CT molecular complexity index is 1020. The number of hydrogen-bond donors (Lipinski definition) is 3. The Balaban J connectivity index is 1.12. The van der Waals surface area contributed by atoms with Crippen LogP contribution in [0.15, 0.2) is 42.7 Å². The van der Waals surface area contributed by atoms with Gasteiger partial charge in [0.15, 0.2) is 0 Å². The minimum Gasteiger partial charge on any atom is -0.467 e. The Morgan fingerprint density at radius 1 is 1.03 bits per heavy atom. The quantitative estimate of drug-likeness (QED) is 0.611. The first-order valence-corrected chi connectivity index (χ1v) is 13.1. The van der Waals surface area contributed by atoms with E-state index < -0.39 is 0 Å². The summed E-state index contributed by atoms with van der Waals surface area (Å²) in [4.78, 5) is 24.4. The van der Waals surface area contributed by atoms with Gasteiger partial charge in [0.1, 0.15) is 0 Å². The number of benzene rings is 1. The van der Waals surface area contributed by atoms with Gasteiger partial charge < -0.3 is 10.1 Å². The molecule has 1 saturated carbocycles. The third-order valence-electron chi connectivity index (χ3n) is 8.79. The van der Waals surface area contributed by atoms with Gasteiger partial charge in [-0.05, 0) is 62.0 Å². The fourth-order valence-electron chi connectivity index (χ4n) is 7.05. The molecule has 7 atom stereocenters. The Labute approximate surface area is 207 Å². The van der Waals surface area contributed by atoms with E-state index in [-0.39, 0.29) is 23.9 Å². The molecule has 1 aliphatic carbocycles. The van der Waals surface area contributed by atoms with Gasteiger partial charge in [0, 0.05) is 49.0 Å². The highest BCUT2D eigenvalue weighted by atomic mass is 16.5. The number of fused-ring (bicyclic) bond motifs is 2. The maximum absolute atomic E-state index is 13.3. The number of aromatic nitrogens is 2. The maximum Gasteiger partial charge on any atom is 0.316 e. The Morgan fingerprint density at radius 2 is 1.86 bits per heavy atom. The Hall–Kier alpha value is -2.55. The van der Waals surface area contributed by atoms with Gasteiger partial charge in [-0.1, -0.05) is 30.3 Å². The second kappa shape index (κ2) is 9.84. The number of likely N-dealkylation sites (tertiary alicyclic amines) is 1. The fraction of sp³-hybridized carbons (Fsp3) is 0.593. The number of nitrogens with one attached hydrogen (secondary N) is 3. The predicted octanol–water partition coefficient (Wildman–Crippen LogP) is 2.45. The molecule has 186 valence electrons. The third kappa shape index (κ3) is 4.67. The molecule has 4 heterocycles. The number of rotatable bonds is 5. The highest BCUT2D eigenvalue weighted by Gasteiger charge is 2.49. The topological polar surface area (TPSA) is 91.4 Å². The van der Waals surface area contributed by atoms with E-state index in [0.29, 0.717) is 29.8 Å². The molecule has 8 heteroatoms. The van der Waals surface area contributed by atoms with E-state index in [9.17, 15) is 4.79 Å². The van der Waals surface area contributed by atoms with Gasteiger partial charge in [0.2, 0.25) is 5.91 Å². The maximum atomic E-state index is 13.3. The van der Waals surface area contributed by atoms with Crippen LogP contribution in [0.3, 0.4) is 0 Å². The minimum absolute atomic E-state index is 0.122. The smallest absolute Gasteiger partial charge is 0.316 e. The molecule has 0 spiro atoms. The number of hydrogen-bond acceptors (Lipinski definition) is 7. The van der Waals surface area contributed by atoms with Crippen molar-refractivity contribution in [2.75, 3.05) is 20.2 Å². The molecular formula is C27H36N6O2. The van der Waals surface area contributed by atoms with Gasteiger partial charge in [-0.15, -0.1) is 0 Å². The summed E-state index contributed by atoms with van der Waals surface area (Å²) in [6.45, 7) is 3.12. The van der Waals surface area contributed by atoms with E-state index in [1.54, 1.807) is 7.11 Å². The average Bonchev–Trinajstić information content (AvgIpc) is 3.30. The van der Waals surface area contributed by atoms with Crippen molar-refractivity contribution in [3.05, 3.63) is 53.9 Å². The molecule has 1 amide bonds. The van der Waals surface area contributed by atoms with E-state index in [2.05, 4.69) is 61.4 Å². The van der Waals surface area contributed by atoms with Crippen LogP contribution < -0.4 is 20.9 Å². The highest BCUT2D eigenvalue weighted by molar-refractivity contribution is 5.80. The molecule has 6 rings (SSSR count). The first kappa shape index (κ1) is 22.9. The average molecular weight is 477 g/mol. The van der Waals surface area contributed by atoms with Crippen molar-refractivity contribution in [3.8, 4) is 6.01 Å². The lowest BCUT2D eigenvalue weighted by Crippen LogP contribution is -2.57. The SMILES string of the molecule is COc1ncc(C2NNC3CC4NC(=O)C(C5CCCN(Cc6ccccc6)C5)CC4CC32)cn1. The highest BCUT2D eigenvalue weighted by Crippen LogP contribution is 2.45. The molecule has 1 aromatic carbocycles. The summed E-state index contributed by atoms with van der Waals surface area (Å²) >= 11 is 0. The summed E-state index contributed by atoms with van der Waals surface area (Å²) < 4.78 is 5.13. The minimum atomic E-state index is 0.122. The summed E-state index contributed by atoms with van der Waals surface area (Å²) in [5.41, 5.74) is 9.42. The zero-order chi connectivity index (χ0) is 23.8. The fourth-order valence-corrected chi connectivity index (χ4v) is 7.05. The summed E-state index contributed by atoms with van der Waals surface area (Å²) in [5.74, 6) is 1.83. The van der Waals surface area contributed by atoms with Crippen LogP contribution in [0.1, 0.15) is 49.3 Å². The second-order valence-electron chi connectivity index (χ2n) is 10.9. The number of amides is 1. The number of carbonyl (C=O) groups is 1. The molecule has 8 nitrogen and oxygen atoms in total. The molecule has 3 aliphatic heterocycles. The normalized spacial score (nSPS) is 35.1. The Morgan fingerprint density at radius 3 is 2.66 bits per heavy atom. The first-order valence-electron chi connectivity index (χ1n) is 13.1. The number of hydrazine groups is 1.